The van der Waals surface area contributed by atoms with Crippen molar-refractivity contribution < 1.29 is 4.74 Å². The molecule has 6 rings (SSSR count). The summed E-state index contributed by atoms with van der Waals surface area (Å²) < 4.78 is 6.53. The van der Waals surface area contributed by atoms with E-state index in [1.54, 1.807) is 10.4 Å². The number of hydrogen-bond donors (Lipinski definition) is 0. The molecular weight excluding hydrogens is 555 g/mol. The van der Waals surface area contributed by atoms with E-state index >= 15 is 0 Å². The Hall–Kier alpha value is -3.35. The Bertz CT molecular complexity index is 1560. The first-order valence-electron chi connectivity index (χ1n) is 16.0. The Morgan fingerprint density at radius 3 is 2.07 bits per heavy atom. The molecule has 0 fully saturated rings. The molecule has 1 aliphatic heterocycles. The van der Waals surface area contributed by atoms with Crippen LogP contribution in [0.3, 0.4) is 0 Å². The first-order chi connectivity index (χ1) is 20.5. The van der Waals surface area contributed by atoms with Gasteiger partial charge in [-0.25, -0.2) is 0 Å². The van der Waals surface area contributed by atoms with Gasteiger partial charge in [0.15, 0.2) is 0 Å². The van der Waals surface area contributed by atoms with Gasteiger partial charge >= 0.3 is 0 Å². The molecule has 0 saturated heterocycles. The maximum absolute atomic E-state index is 6.53. The second-order valence-electron chi connectivity index (χ2n) is 14.7. The Labute approximate surface area is 261 Å². The van der Waals surface area contributed by atoms with Crippen molar-refractivity contribution in [3.63, 3.8) is 0 Å². The molecule has 2 unspecified atom stereocenters. The van der Waals surface area contributed by atoms with E-state index in [9.17, 15) is 0 Å². The minimum atomic E-state index is -1.50. The van der Waals surface area contributed by atoms with E-state index in [1.165, 1.54) is 33.5 Å². The molecule has 4 aromatic rings. The van der Waals surface area contributed by atoms with Gasteiger partial charge in [-0.15, -0.1) is 0 Å². The van der Waals surface area contributed by atoms with Gasteiger partial charge in [-0.1, -0.05) is 135 Å². The monoisotopic (exact) mass is 601 g/mol. The molecule has 0 bridgehead atoms. The third-order valence-corrected chi connectivity index (χ3v) is 13.1. The Kier molecular flexibility index (Phi) is 8.27. The molecule has 2 atom stereocenters. The van der Waals surface area contributed by atoms with Crippen LogP contribution >= 0.6 is 0 Å². The average molecular weight is 602 g/mol. The minimum absolute atomic E-state index is 0.167. The van der Waals surface area contributed by atoms with Gasteiger partial charge in [-0.3, -0.25) is 0 Å². The van der Waals surface area contributed by atoms with Crippen molar-refractivity contribution in [2.24, 2.45) is 5.92 Å². The summed E-state index contributed by atoms with van der Waals surface area (Å²) in [5.41, 5.74) is 8.34. The summed E-state index contributed by atoms with van der Waals surface area (Å²) in [4.78, 5) is 2.66. The van der Waals surface area contributed by atoms with Crippen LogP contribution in [-0.2, 0) is 19.3 Å². The zero-order valence-corrected chi connectivity index (χ0v) is 28.9. The van der Waals surface area contributed by atoms with Crippen LogP contribution in [0.15, 0.2) is 97.1 Å². The zero-order chi connectivity index (χ0) is 30.2. The lowest BCUT2D eigenvalue weighted by Crippen LogP contribution is -2.47. The van der Waals surface area contributed by atoms with Gasteiger partial charge in [0.2, 0.25) is 0 Å². The number of para-hydroxylation sites is 1. The summed E-state index contributed by atoms with van der Waals surface area (Å²) >= 11 is 0. The lowest BCUT2D eigenvalue weighted by molar-refractivity contribution is 0.236. The SMILES string of the molecule is C[Si](C)(C)c1cc(N(CC2C=Cc3ccc(Cc4ccccc4)cc3C2)CC2Cc3ccccc3O2)cc([Si](C)(C)C)c1. The maximum Gasteiger partial charge on any atom is 0.123 e. The van der Waals surface area contributed by atoms with E-state index in [2.05, 4.69) is 147 Å². The van der Waals surface area contributed by atoms with E-state index < -0.39 is 16.1 Å². The van der Waals surface area contributed by atoms with Crippen molar-refractivity contribution in [3.8, 4) is 5.75 Å². The summed E-state index contributed by atoms with van der Waals surface area (Å²) in [6.45, 7) is 16.8. The first kappa shape index (κ1) is 29.7. The molecule has 4 heteroatoms. The van der Waals surface area contributed by atoms with Crippen LogP contribution in [0.25, 0.3) is 6.08 Å². The highest BCUT2D eigenvalue weighted by Crippen LogP contribution is 2.31. The number of nitrogens with zero attached hydrogens (tertiary/aromatic N) is 1. The van der Waals surface area contributed by atoms with Gasteiger partial charge in [-0.05, 0) is 64.8 Å². The Morgan fingerprint density at radius 1 is 0.674 bits per heavy atom. The quantitative estimate of drug-likeness (QED) is 0.180. The molecule has 222 valence electrons. The molecule has 0 aromatic heterocycles. The van der Waals surface area contributed by atoms with E-state index in [-0.39, 0.29) is 6.10 Å². The highest BCUT2D eigenvalue weighted by Gasteiger charge is 2.29. The molecule has 1 heterocycles. The fourth-order valence-electron chi connectivity index (χ4n) is 6.49. The molecule has 0 N–H and O–H groups in total. The lowest BCUT2D eigenvalue weighted by Gasteiger charge is -2.34. The number of benzene rings is 4. The largest absolute Gasteiger partial charge is 0.488 e. The van der Waals surface area contributed by atoms with Crippen LogP contribution < -0.4 is 20.0 Å². The second-order valence-corrected chi connectivity index (χ2v) is 24.9. The van der Waals surface area contributed by atoms with Gasteiger partial charge in [-0.2, -0.15) is 0 Å². The molecule has 0 amide bonds. The van der Waals surface area contributed by atoms with Crippen LogP contribution in [0.1, 0.15) is 27.8 Å². The Balaban J connectivity index is 1.29. The van der Waals surface area contributed by atoms with E-state index in [1.807, 2.05) is 0 Å². The second kappa shape index (κ2) is 12.0. The molecule has 2 nitrogen and oxygen atoms in total. The van der Waals surface area contributed by atoms with Gasteiger partial charge in [0.25, 0.3) is 0 Å². The molecular formula is C39H47NOSi2. The van der Waals surface area contributed by atoms with E-state index in [0.717, 1.165) is 38.1 Å². The maximum atomic E-state index is 6.53. The van der Waals surface area contributed by atoms with Crippen molar-refractivity contribution in [3.05, 3.63) is 125 Å². The van der Waals surface area contributed by atoms with Crippen LogP contribution in [0.5, 0.6) is 5.75 Å². The van der Waals surface area contributed by atoms with Crippen molar-refractivity contribution in [2.75, 3.05) is 18.0 Å². The topological polar surface area (TPSA) is 12.5 Å². The summed E-state index contributed by atoms with van der Waals surface area (Å²) in [5, 5.41) is 3.14. The molecule has 4 aromatic carbocycles. The third-order valence-electron chi connectivity index (χ3n) is 9.10. The summed E-state index contributed by atoms with van der Waals surface area (Å²) in [6, 6.07) is 34.1. The highest BCUT2D eigenvalue weighted by molar-refractivity contribution is 6.91. The fraction of sp³-hybridized carbons (Fsp3) is 0.333. The average Bonchev–Trinajstić information content (AvgIpc) is 3.38. The number of rotatable bonds is 9. The number of hydrogen-bond acceptors (Lipinski definition) is 2. The van der Waals surface area contributed by atoms with Crippen molar-refractivity contribution in [1.29, 1.82) is 0 Å². The predicted molar refractivity (Wildman–Crippen MR) is 191 cm³/mol. The minimum Gasteiger partial charge on any atom is -0.488 e. The molecule has 0 saturated carbocycles. The number of fused-ring (bicyclic) bond motifs is 2. The standard InChI is InChI=1S/C39H47NOSi2/c1-42(2,3)37-24-35(25-38(26-37)43(4,5)6)40(28-36-23-33-14-10-11-15-39(33)41-36)27-31-17-19-32-18-16-30(21-34(32)22-31)20-29-12-8-7-9-13-29/h7-19,21,24-26,31,36H,20,22-23,27-28H2,1-6H3. The predicted octanol–water partition coefficient (Wildman–Crippen LogP) is 8.06. The van der Waals surface area contributed by atoms with E-state index in [4.69, 9.17) is 4.74 Å². The van der Waals surface area contributed by atoms with Crippen molar-refractivity contribution in [1.82, 2.24) is 0 Å². The summed E-state index contributed by atoms with van der Waals surface area (Å²) in [7, 11) is -3.01. The fourth-order valence-corrected chi connectivity index (χ4v) is 8.97. The molecule has 0 radical (unpaired) electrons. The van der Waals surface area contributed by atoms with Crippen molar-refractivity contribution in [2.45, 2.75) is 64.6 Å². The smallest absolute Gasteiger partial charge is 0.123 e. The van der Waals surface area contributed by atoms with Crippen LogP contribution in [0.2, 0.25) is 39.3 Å². The Morgan fingerprint density at radius 2 is 1.37 bits per heavy atom. The molecule has 2 aliphatic rings. The van der Waals surface area contributed by atoms with Crippen molar-refractivity contribution >= 4 is 38.3 Å². The van der Waals surface area contributed by atoms with Gasteiger partial charge in [0, 0.05) is 18.7 Å². The highest BCUT2D eigenvalue weighted by atomic mass is 28.3. The van der Waals surface area contributed by atoms with Gasteiger partial charge < -0.3 is 9.64 Å². The van der Waals surface area contributed by atoms with Gasteiger partial charge in [0.05, 0.1) is 22.7 Å². The molecule has 1 aliphatic carbocycles. The molecule has 43 heavy (non-hydrogen) atoms. The molecule has 0 spiro atoms. The third kappa shape index (κ3) is 7.08. The first-order valence-corrected chi connectivity index (χ1v) is 23.0. The number of ether oxygens (including phenoxy) is 1. The normalized spacial score (nSPS) is 17.7. The van der Waals surface area contributed by atoms with E-state index in [0.29, 0.717) is 5.92 Å². The summed E-state index contributed by atoms with van der Waals surface area (Å²) in [6.07, 6.45) is 8.02. The summed E-state index contributed by atoms with van der Waals surface area (Å²) in [5.74, 6) is 1.51. The van der Waals surface area contributed by atoms with Crippen LogP contribution in [-0.4, -0.2) is 35.3 Å². The van der Waals surface area contributed by atoms with Gasteiger partial charge in [0.1, 0.15) is 11.9 Å². The zero-order valence-electron chi connectivity index (χ0n) is 26.9. The number of anilines is 1. The van der Waals surface area contributed by atoms with Crippen LogP contribution in [0.4, 0.5) is 5.69 Å². The van der Waals surface area contributed by atoms with Crippen LogP contribution in [0, 0.1) is 5.92 Å². The lowest BCUT2D eigenvalue weighted by atomic mass is 9.87.